The first kappa shape index (κ1) is 25.5. The maximum Gasteiger partial charge on any atom is 0.222 e. The average molecular weight is 565 g/mol. The van der Waals surface area contributed by atoms with Crippen molar-refractivity contribution in [2.45, 2.75) is 18.9 Å². The summed E-state index contributed by atoms with van der Waals surface area (Å²) in [4.78, 5) is 20.9. The zero-order chi connectivity index (χ0) is 21.6. The second-order valence-corrected chi connectivity index (χ2v) is 9.79. The molecule has 2 heterocycles. The molecule has 2 N–H and O–H groups in total. The van der Waals surface area contributed by atoms with E-state index in [-0.39, 0.29) is 53.9 Å². The second-order valence-electron chi connectivity index (χ2n) is 7.56. The smallest absolute Gasteiger partial charge is 0.222 e. The van der Waals surface area contributed by atoms with Gasteiger partial charge in [-0.3, -0.25) is 9.79 Å². The van der Waals surface area contributed by atoms with Crippen molar-refractivity contribution in [1.29, 1.82) is 0 Å². The van der Waals surface area contributed by atoms with Crippen molar-refractivity contribution in [3.63, 3.8) is 0 Å². The summed E-state index contributed by atoms with van der Waals surface area (Å²) in [5, 5.41) is 6.05. The van der Waals surface area contributed by atoms with E-state index in [0.29, 0.717) is 13.0 Å². The molecule has 0 aliphatic carbocycles. The summed E-state index contributed by atoms with van der Waals surface area (Å²) >= 11 is 0. The van der Waals surface area contributed by atoms with Gasteiger partial charge in [0.1, 0.15) is 5.75 Å². The Bertz CT molecular complexity index is 855. The normalized spacial score (nSPS) is 20.7. The monoisotopic (exact) mass is 565 g/mol. The van der Waals surface area contributed by atoms with E-state index < -0.39 is 9.84 Å². The lowest BCUT2D eigenvalue weighted by atomic mass is 10.2. The van der Waals surface area contributed by atoms with Gasteiger partial charge in [-0.25, -0.2) is 8.42 Å². The molecule has 1 atom stereocenters. The summed E-state index contributed by atoms with van der Waals surface area (Å²) in [7, 11) is 0.412. The van der Waals surface area contributed by atoms with Crippen molar-refractivity contribution in [3.8, 4) is 5.75 Å². The fraction of sp³-hybridized carbons (Fsp3) is 0.600. The molecule has 174 valence electrons. The molecule has 9 nitrogen and oxygen atoms in total. The van der Waals surface area contributed by atoms with E-state index >= 15 is 0 Å². The first-order chi connectivity index (χ1) is 14.4. The minimum atomic E-state index is -2.99. The first-order valence-corrected chi connectivity index (χ1v) is 12.1. The number of carbonyl (C=O) groups is 1. The molecule has 1 amide bonds. The van der Waals surface area contributed by atoms with Gasteiger partial charge in [-0.2, -0.15) is 0 Å². The summed E-state index contributed by atoms with van der Waals surface area (Å²) in [6, 6.07) is 7.81. The Morgan fingerprint density at radius 2 is 1.87 bits per heavy atom. The lowest BCUT2D eigenvalue weighted by molar-refractivity contribution is -0.121. The van der Waals surface area contributed by atoms with Gasteiger partial charge in [-0.15, -0.1) is 24.0 Å². The molecule has 1 aromatic rings. The number of hydrogen-bond donors (Lipinski definition) is 2. The predicted octanol–water partition coefficient (Wildman–Crippen LogP) is 0.704. The Morgan fingerprint density at radius 3 is 2.42 bits per heavy atom. The second kappa shape index (κ2) is 11.7. The van der Waals surface area contributed by atoms with E-state index in [2.05, 4.69) is 37.6 Å². The van der Waals surface area contributed by atoms with Crippen molar-refractivity contribution < 1.29 is 17.9 Å². The van der Waals surface area contributed by atoms with E-state index in [1.54, 1.807) is 14.2 Å². The molecule has 0 radical (unpaired) electrons. The Hall–Kier alpha value is -1.76. The van der Waals surface area contributed by atoms with E-state index in [1.165, 1.54) is 5.69 Å². The maximum absolute atomic E-state index is 12.1. The highest BCUT2D eigenvalue weighted by atomic mass is 127. The highest BCUT2D eigenvalue weighted by Crippen LogP contribution is 2.20. The molecule has 2 aliphatic heterocycles. The number of sulfone groups is 1. The molecule has 0 bridgehead atoms. The minimum absolute atomic E-state index is 0. The number of methoxy groups -OCH3 is 1. The largest absolute Gasteiger partial charge is 0.497 e. The van der Waals surface area contributed by atoms with Gasteiger partial charge in [-0.05, 0) is 30.7 Å². The number of amides is 1. The van der Waals surface area contributed by atoms with Crippen LogP contribution in [-0.2, 0) is 14.6 Å². The highest BCUT2D eigenvalue weighted by molar-refractivity contribution is 14.0. The van der Waals surface area contributed by atoms with Gasteiger partial charge in [0.15, 0.2) is 15.8 Å². The number of guanidine groups is 1. The molecular formula is C20H32IN5O4S. The molecule has 2 fully saturated rings. The zero-order valence-corrected chi connectivity index (χ0v) is 21.2. The number of rotatable bonds is 6. The number of piperazine rings is 1. The molecule has 1 unspecified atom stereocenters. The summed E-state index contributed by atoms with van der Waals surface area (Å²) in [5.74, 6) is 1.70. The number of halogens is 1. The number of carbonyl (C=O) groups excluding carboxylic acids is 1. The Balaban J connectivity index is 0.00000341. The third-order valence-corrected chi connectivity index (χ3v) is 7.23. The van der Waals surface area contributed by atoms with E-state index in [0.717, 1.165) is 37.9 Å². The van der Waals surface area contributed by atoms with E-state index in [4.69, 9.17) is 4.74 Å². The molecule has 0 aromatic heterocycles. The molecule has 0 spiro atoms. The van der Waals surface area contributed by atoms with Crippen molar-refractivity contribution >= 4 is 51.4 Å². The van der Waals surface area contributed by atoms with Crippen LogP contribution >= 0.6 is 24.0 Å². The summed E-state index contributed by atoms with van der Waals surface area (Å²) in [5.41, 5.74) is 1.17. The topological polar surface area (TPSA) is 103 Å². The molecule has 11 heteroatoms. The van der Waals surface area contributed by atoms with E-state index in [9.17, 15) is 13.2 Å². The van der Waals surface area contributed by atoms with Crippen molar-refractivity contribution in [2.24, 2.45) is 4.99 Å². The Labute approximate surface area is 201 Å². The third kappa shape index (κ3) is 7.41. The zero-order valence-electron chi connectivity index (χ0n) is 18.0. The molecule has 0 saturated carbocycles. The van der Waals surface area contributed by atoms with Crippen molar-refractivity contribution in [3.05, 3.63) is 24.3 Å². The number of nitrogens with one attached hydrogen (secondary N) is 2. The SMILES string of the molecule is CN=C(NCCC(=O)NC1CCS(=O)(=O)C1)N1CCN(c2ccc(OC)cc2)CC1.I. The van der Waals surface area contributed by atoms with Crippen LogP contribution in [0.5, 0.6) is 5.75 Å². The Morgan fingerprint density at radius 1 is 1.19 bits per heavy atom. The van der Waals surface area contributed by atoms with Crippen LogP contribution in [0.1, 0.15) is 12.8 Å². The van der Waals surface area contributed by atoms with Gasteiger partial charge in [0.25, 0.3) is 0 Å². The van der Waals surface area contributed by atoms with Gasteiger partial charge in [0.05, 0.1) is 18.6 Å². The highest BCUT2D eigenvalue weighted by Gasteiger charge is 2.28. The van der Waals surface area contributed by atoms with Crippen LogP contribution in [0.4, 0.5) is 5.69 Å². The third-order valence-electron chi connectivity index (χ3n) is 5.46. The minimum Gasteiger partial charge on any atom is -0.497 e. The van der Waals surface area contributed by atoms with E-state index in [1.807, 2.05) is 12.1 Å². The number of nitrogens with zero attached hydrogens (tertiary/aromatic N) is 3. The number of ether oxygens (including phenoxy) is 1. The lowest BCUT2D eigenvalue weighted by Gasteiger charge is -2.37. The first-order valence-electron chi connectivity index (χ1n) is 10.2. The van der Waals surface area contributed by atoms with Gasteiger partial charge < -0.3 is 25.2 Å². The standard InChI is InChI=1S/C20H31N5O4S.HI/c1-21-20(22-9-7-19(26)23-16-8-14-30(27,28)15-16)25-12-10-24(11-13-25)17-3-5-18(29-2)6-4-17;/h3-6,16H,7-15H2,1-2H3,(H,21,22)(H,23,26);1H. The number of anilines is 1. The van der Waals surface area contributed by atoms with Crippen LogP contribution in [0.2, 0.25) is 0 Å². The van der Waals surface area contributed by atoms with Gasteiger partial charge in [-0.1, -0.05) is 0 Å². The molecule has 2 saturated heterocycles. The number of hydrogen-bond acceptors (Lipinski definition) is 6. The fourth-order valence-corrected chi connectivity index (χ4v) is 5.47. The number of benzene rings is 1. The van der Waals surface area contributed by atoms with Crippen LogP contribution in [0, 0.1) is 0 Å². The summed E-state index contributed by atoms with van der Waals surface area (Å²) in [6.45, 7) is 3.87. The average Bonchev–Trinajstić information content (AvgIpc) is 3.09. The van der Waals surface area contributed by atoms with Gasteiger partial charge in [0, 0.05) is 57.9 Å². The Kier molecular flexibility index (Phi) is 9.66. The quantitative estimate of drug-likeness (QED) is 0.298. The van der Waals surface area contributed by atoms with Crippen LogP contribution in [-0.4, -0.2) is 89.6 Å². The van der Waals surface area contributed by atoms with Crippen LogP contribution in [0.25, 0.3) is 0 Å². The molecule has 31 heavy (non-hydrogen) atoms. The van der Waals surface area contributed by atoms with Crippen LogP contribution in [0.3, 0.4) is 0 Å². The molecule has 2 aliphatic rings. The predicted molar refractivity (Wildman–Crippen MR) is 133 cm³/mol. The maximum atomic E-state index is 12.1. The fourth-order valence-electron chi connectivity index (χ4n) is 3.80. The van der Waals surface area contributed by atoms with Gasteiger partial charge in [0.2, 0.25) is 5.91 Å². The van der Waals surface area contributed by atoms with Crippen molar-refractivity contribution in [1.82, 2.24) is 15.5 Å². The summed E-state index contributed by atoms with van der Waals surface area (Å²) < 4.78 is 28.2. The van der Waals surface area contributed by atoms with Crippen molar-refractivity contribution in [2.75, 3.05) is 63.3 Å². The summed E-state index contributed by atoms with van der Waals surface area (Å²) in [6.07, 6.45) is 0.781. The van der Waals surface area contributed by atoms with Crippen LogP contribution < -0.4 is 20.3 Å². The van der Waals surface area contributed by atoms with Gasteiger partial charge >= 0.3 is 0 Å². The molecule has 1 aromatic carbocycles. The lowest BCUT2D eigenvalue weighted by Crippen LogP contribution is -2.53. The molecule has 3 rings (SSSR count). The van der Waals surface area contributed by atoms with Crippen LogP contribution in [0.15, 0.2) is 29.3 Å². The molecular weight excluding hydrogens is 533 g/mol. The number of aliphatic imine (C=N–C) groups is 1.